The Hall–Kier alpha value is -2.13. The summed E-state index contributed by atoms with van der Waals surface area (Å²) in [6, 6.07) is 18.0. The van der Waals surface area contributed by atoms with Crippen molar-refractivity contribution in [2.75, 3.05) is 6.61 Å². The predicted molar refractivity (Wildman–Crippen MR) is 87.3 cm³/mol. The van der Waals surface area contributed by atoms with Crippen molar-refractivity contribution in [3.05, 3.63) is 64.9 Å². The fraction of sp³-hybridized carbons (Fsp3) is 0.167. The zero-order chi connectivity index (χ0) is 14.5. The van der Waals surface area contributed by atoms with Gasteiger partial charge in [-0.05, 0) is 40.8 Å². The summed E-state index contributed by atoms with van der Waals surface area (Å²) in [6.45, 7) is 0.565. The van der Waals surface area contributed by atoms with Crippen molar-refractivity contribution >= 4 is 27.9 Å². The van der Waals surface area contributed by atoms with Crippen molar-refractivity contribution in [1.82, 2.24) is 0 Å². The van der Waals surface area contributed by atoms with Crippen molar-refractivity contribution < 1.29 is 9.53 Å². The lowest BCUT2D eigenvalue weighted by Crippen LogP contribution is -2.02. The molecule has 0 fully saturated rings. The molecule has 3 aromatic rings. The summed E-state index contributed by atoms with van der Waals surface area (Å²) in [6.07, 6.45) is 1.28. The Labute approximate surface area is 128 Å². The quantitative estimate of drug-likeness (QED) is 0.475. The van der Waals surface area contributed by atoms with E-state index in [1.54, 1.807) is 0 Å². The molecule has 106 valence electrons. The number of hydrogen-bond acceptors (Lipinski definition) is 3. The van der Waals surface area contributed by atoms with Gasteiger partial charge in [-0.15, -0.1) is 11.3 Å². The first-order valence-corrected chi connectivity index (χ1v) is 7.89. The number of benzene rings is 2. The van der Waals surface area contributed by atoms with Gasteiger partial charge in [0.2, 0.25) is 0 Å². The highest BCUT2D eigenvalue weighted by molar-refractivity contribution is 7.12. The molecule has 0 spiro atoms. The van der Waals surface area contributed by atoms with Crippen LogP contribution in [-0.4, -0.2) is 12.4 Å². The topological polar surface area (TPSA) is 26.3 Å². The smallest absolute Gasteiger partial charge is 0.172 e. The summed E-state index contributed by atoms with van der Waals surface area (Å²) in [5.41, 5.74) is 0. The molecule has 0 aliphatic carbocycles. The lowest BCUT2D eigenvalue weighted by molar-refractivity contribution is 0.0977. The van der Waals surface area contributed by atoms with Gasteiger partial charge < -0.3 is 4.74 Å². The van der Waals surface area contributed by atoms with Crippen LogP contribution in [-0.2, 0) is 0 Å². The van der Waals surface area contributed by atoms with Crippen LogP contribution in [0.5, 0.6) is 5.75 Å². The SMILES string of the molecule is O=C(CCCOc1ccc2ccccc2c1)c1cccs1. The number of ketones is 1. The average Bonchev–Trinajstić information content (AvgIpc) is 3.06. The van der Waals surface area contributed by atoms with Crippen molar-refractivity contribution in [2.24, 2.45) is 0 Å². The van der Waals surface area contributed by atoms with E-state index in [4.69, 9.17) is 4.74 Å². The number of carbonyl (C=O) groups is 1. The fourth-order valence-electron chi connectivity index (χ4n) is 2.24. The largest absolute Gasteiger partial charge is 0.494 e. The van der Waals surface area contributed by atoms with Crippen LogP contribution in [0.3, 0.4) is 0 Å². The first-order chi connectivity index (χ1) is 10.3. The van der Waals surface area contributed by atoms with Crippen LogP contribution in [0.25, 0.3) is 10.8 Å². The molecule has 1 heterocycles. The van der Waals surface area contributed by atoms with Gasteiger partial charge in [0.15, 0.2) is 5.78 Å². The fourth-order valence-corrected chi connectivity index (χ4v) is 2.93. The molecule has 2 aromatic carbocycles. The second-order valence-electron chi connectivity index (χ2n) is 4.86. The van der Waals surface area contributed by atoms with Crippen LogP contribution in [0.2, 0.25) is 0 Å². The molecule has 0 unspecified atom stereocenters. The van der Waals surface area contributed by atoms with Gasteiger partial charge in [-0.2, -0.15) is 0 Å². The minimum atomic E-state index is 0.201. The van der Waals surface area contributed by atoms with Gasteiger partial charge in [-0.3, -0.25) is 4.79 Å². The number of hydrogen-bond donors (Lipinski definition) is 0. The Morgan fingerprint density at radius 2 is 1.86 bits per heavy atom. The predicted octanol–water partition coefficient (Wildman–Crippen LogP) is 4.94. The summed E-state index contributed by atoms with van der Waals surface area (Å²) in [5.74, 6) is 1.06. The van der Waals surface area contributed by atoms with Gasteiger partial charge in [-0.1, -0.05) is 36.4 Å². The Morgan fingerprint density at radius 3 is 2.67 bits per heavy atom. The molecule has 0 aliphatic rings. The van der Waals surface area contributed by atoms with E-state index in [0.717, 1.165) is 17.0 Å². The van der Waals surface area contributed by atoms with E-state index in [1.165, 1.54) is 22.1 Å². The van der Waals surface area contributed by atoms with Gasteiger partial charge >= 0.3 is 0 Å². The van der Waals surface area contributed by atoms with E-state index >= 15 is 0 Å². The van der Waals surface area contributed by atoms with Crippen molar-refractivity contribution in [3.63, 3.8) is 0 Å². The zero-order valence-electron chi connectivity index (χ0n) is 11.6. The second kappa shape index (κ2) is 6.55. The minimum Gasteiger partial charge on any atom is -0.494 e. The number of thiophene rings is 1. The molecule has 0 aliphatic heterocycles. The average molecular weight is 296 g/mol. The maximum absolute atomic E-state index is 11.8. The van der Waals surface area contributed by atoms with Crippen molar-refractivity contribution in [1.29, 1.82) is 0 Å². The van der Waals surface area contributed by atoms with Crippen molar-refractivity contribution in [2.45, 2.75) is 12.8 Å². The van der Waals surface area contributed by atoms with Crippen molar-refractivity contribution in [3.8, 4) is 5.75 Å². The van der Waals surface area contributed by atoms with E-state index in [0.29, 0.717) is 13.0 Å². The normalized spacial score (nSPS) is 10.7. The van der Waals surface area contributed by atoms with Gasteiger partial charge in [0, 0.05) is 6.42 Å². The highest BCUT2D eigenvalue weighted by Crippen LogP contribution is 2.21. The number of rotatable bonds is 6. The first-order valence-electron chi connectivity index (χ1n) is 7.01. The van der Waals surface area contributed by atoms with E-state index in [1.807, 2.05) is 41.8 Å². The summed E-state index contributed by atoms with van der Waals surface area (Å²) in [5, 5.41) is 4.31. The van der Waals surface area contributed by atoms with Crippen LogP contribution >= 0.6 is 11.3 Å². The molecule has 0 radical (unpaired) electrons. The van der Waals surface area contributed by atoms with Crippen LogP contribution in [0.1, 0.15) is 22.5 Å². The van der Waals surface area contributed by atoms with Gasteiger partial charge in [0.05, 0.1) is 11.5 Å². The maximum Gasteiger partial charge on any atom is 0.172 e. The Balaban J connectivity index is 1.51. The Kier molecular flexibility index (Phi) is 4.31. The standard InChI is InChI=1S/C18H16O2S/c19-17(18-8-4-12-21-18)7-3-11-20-16-10-9-14-5-1-2-6-15(14)13-16/h1-2,4-6,8-10,12-13H,3,7,11H2. The third-order valence-electron chi connectivity index (χ3n) is 3.33. The molecule has 0 atom stereocenters. The van der Waals surface area contributed by atoms with Gasteiger partial charge in [-0.25, -0.2) is 0 Å². The summed E-state index contributed by atoms with van der Waals surface area (Å²) in [7, 11) is 0. The third kappa shape index (κ3) is 3.50. The molecule has 0 N–H and O–H groups in total. The summed E-state index contributed by atoms with van der Waals surface area (Å²) >= 11 is 1.50. The summed E-state index contributed by atoms with van der Waals surface area (Å²) < 4.78 is 5.73. The van der Waals surface area contributed by atoms with Gasteiger partial charge in [0.1, 0.15) is 5.75 Å². The first kappa shape index (κ1) is 13.8. The van der Waals surface area contributed by atoms with E-state index in [9.17, 15) is 4.79 Å². The molecule has 0 amide bonds. The molecule has 3 heteroatoms. The summed E-state index contributed by atoms with van der Waals surface area (Å²) in [4.78, 5) is 12.7. The molecule has 0 bridgehead atoms. The molecular weight excluding hydrogens is 280 g/mol. The molecular formula is C18H16O2S. The molecule has 2 nitrogen and oxygen atoms in total. The second-order valence-corrected chi connectivity index (χ2v) is 5.81. The monoisotopic (exact) mass is 296 g/mol. The number of fused-ring (bicyclic) bond motifs is 1. The van der Waals surface area contributed by atoms with E-state index in [-0.39, 0.29) is 5.78 Å². The van der Waals surface area contributed by atoms with Crippen LogP contribution in [0.15, 0.2) is 60.0 Å². The third-order valence-corrected chi connectivity index (χ3v) is 4.24. The lowest BCUT2D eigenvalue weighted by Gasteiger charge is -2.07. The highest BCUT2D eigenvalue weighted by Gasteiger charge is 2.06. The minimum absolute atomic E-state index is 0.201. The maximum atomic E-state index is 11.8. The Morgan fingerprint density at radius 1 is 1.00 bits per heavy atom. The molecule has 3 rings (SSSR count). The Bertz CT molecular complexity index is 732. The van der Waals surface area contributed by atoms with Crippen LogP contribution in [0, 0.1) is 0 Å². The van der Waals surface area contributed by atoms with Crippen LogP contribution < -0.4 is 4.74 Å². The van der Waals surface area contributed by atoms with E-state index < -0.39 is 0 Å². The van der Waals surface area contributed by atoms with Crippen LogP contribution in [0.4, 0.5) is 0 Å². The number of Topliss-reactive ketones (excluding diaryl/α,β-unsaturated/α-hetero) is 1. The van der Waals surface area contributed by atoms with Gasteiger partial charge in [0.25, 0.3) is 0 Å². The van der Waals surface area contributed by atoms with E-state index in [2.05, 4.69) is 18.2 Å². The lowest BCUT2D eigenvalue weighted by atomic mass is 10.1. The molecule has 1 aromatic heterocycles. The highest BCUT2D eigenvalue weighted by atomic mass is 32.1. The molecule has 21 heavy (non-hydrogen) atoms. The number of carbonyl (C=O) groups excluding carboxylic acids is 1. The zero-order valence-corrected chi connectivity index (χ0v) is 12.4. The number of ether oxygens (including phenoxy) is 1. The molecule has 0 saturated heterocycles. The molecule has 0 saturated carbocycles.